The van der Waals surface area contributed by atoms with Crippen LogP contribution in [0.1, 0.15) is 173 Å². The van der Waals surface area contributed by atoms with Crippen LogP contribution in [0.3, 0.4) is 0 Å². The van der Waals surface area contributed by atoms with Crippen LogP contribution in [0.4, 0.5) is 13.6 Å². The number of alkyl halides is 2. The van der Waals surface area contributed by atoms with Gasteiger partial charge in [0.25, 0.3) is 5.92 Å². The first-order chi connectivity index (χ1) is 40.0. The molecule has 9 saturated heterocycles. The number of aliphatic hydroxyl groups excluding tert-OH is 1. The summed E-state index contributed by atoms with van der Waals surface area (Å²) in [4.78, 5) is 47.0. The Hall–Kier alpha value is -2.00. The normalized spacial score (nSPS) is 22.5. The molecule has 9 heterocycles. The number of likely N-dealkylation sites (tertiary alicyclic amines) is 9. The van der Waals surface area contributed by atoms with Gasteiger partial charge in [0.1, 0.15) is 17.8 Å². The molecule has 9 rings (SSSR count). The van der Waals surface area contributed by atoms with Crippen LogP contribution in [-0.2, 0) is 23.9 Å². The van der Waals surface area contributed by atoms with E-state index in [0.717, 1.165) is 97.7 Å². The molecule has 20 nitrogen and oxygen atoms in total. The molecule has 0 radical (unpaired) electrons. The number of carbonyl (C=O) groups excluding carboxylic acids is 2. The van der Waals surface area contributed by atoms with Crippen molar-refractivity contribution in [3.63, 3.8) is 0 Å². The van der Waals surface area contributed by atoms with Crippen LogP contribution in [0.25, 0.3) is 0 Å². The average Bonchev–Trinajstić information content (AvgIpc) is 3.26. The summed E-state index contributed by atoms with van der Waals surface area (Å²) < 4.78 is 39.8. The Morgan fingerprint density at radius 3 is 1.07 bits per heavy atom. The number of methoxy groups -OCH3 is 1. The number of alkyl carbamates (subject to hydrolysis) is 1. The maximum Gasteiger partial charge on any atom is 0.407 e. The zero-order valence-corrected chi connectivity index (χ0v) is 59.8. The molecule has 0 aliphatic carbocycles. The van der Waals surface area contributed by atoms with Gasteiger partial charge in [-0.1, -0.05) is 13.8 Å². The number of nitrogens with zero attached hydrogens (tertiary/aromatic N) is 9. The number of carbonyl (C=O) groups is 2. The van der Waals surface area contributed by atoms with Crippen molar-refractivity contribution in [2.45, 2.75) is 281 Å². The fourth-order valence-corrected chi connectivity index (χ4v) is 9.61. The van der Waals surface area contributed by atoms with Crippen molar-refractivity contribution in [2.75, 3.05) is 125 Å². The van der Waals surface area contributed by atoms with Crippen LogP contribution in [-0.4, -0.2) is 305 Å². The average molecular weight is 1250 g/mol. The summed E-state index contributed by atoms with van der Waals surface area (Å²) in [5.41, 5.74) is 4.76. The molecule has 0 unspecified atom stereocenters. The summed E-state index contributed by atoms with van der Waals surface area (Å²) >= 11 is 0. The van der Waals surface area contributed by atoms with Gasteiger partial charge < -0.3 is 40.4 Å². The largest absolute Gasteiger partial charge is 0.459 e. The quantitative estimate of drug-likeness (QED) is 0.0665. The van der Waals surface area contributed by atoms with Gasteiger partial charge in [-0.3, -0.25) is 49.3 Å². The summed E-state index contributed by atoms with van der Waals surface area (Å²) in [7, 11) is 1.78. The van der Waals surface area contributed by atoms with Gasteiger partial charge in [-0.2, -0.15) is 0 Å². The second-order valence-electron chi connectivity index (χ2n) is 29.7. The fraction of sp³-hybridized carbons (Fsp3) is 0.969. The van der Waals surface area contributed by atoms with Crippen molar-refractivity contribution in [3.05, 3.63) is 0 Å². The number of hydrogen-bond donors (Lipinski definition) is 5. The maximum atomic E-state index is 12.1. The van der Waals surface area contributed by atoms with E-state index in [9.17, 15) is 23.5 Å². The van der Waals surface area contributed by atoms with Gasteiger partial charge in [-0.15, -0.1) is 0 Å². The molecule has 9 aliphatic heterocycles. The van der Waals surface area contributed by atoms with E-state index in [0.29, 0.717) is 54.4 Å². The molecule has 0 atom stereocenters. The third-order valence-electron chi connectivity index (χ3n) is 16.7. The first kappa shape index (κ1) is 83.0. The Morgan fingerprint density at radius 1 is 0.517 bits per heavy atom. The van der Waals surface area contributed by atoms with E-state index < -0.39 is 17.1 Å². The van der Waals surface area contributed by atoms with Crippen LogP contribution in [0.2, 0.25) is 0 Å². The molecular weight excluding hydrogens is 1120 g/mol. The zero-order valence-electron chi connectivity index (χ0n) is 59.8. The van der Waals surface area contributed by atoms with Crippen molar-refractivity contribution >= 4 is 12.1 Å². The van der Waals surface area contributed by atoms with Crippen molar-refractivity contribution in [2.24, 2.45) is 11.7 Å². The highest BCUT2D eigenvalue weighted by molar-refractivity contribution is 5.71. The molecule has 0 saturated carbocycles. The molecule has 518 valence electrons. The van der Waals surface area contributed by atoms with Gasteiger partial charge in [0, 0.05) is 159 Å². The molecule has 0 aromatic rings. The van der Waals surface area contributed by atoms with Crippen LogP contribution >= 0.6 is 0 Å². The Labute approximate surface area is 529 Å². The topological polar surface area (TPSA) is 199 Å². The van der Waals surface area contributed by atoms with Crippen LogP contribution < -0.4 is 11.1 Å². The van der Waals surface area contributed by atoms with Crippen molar-refractivity contribution in [3.8, 4) is 0 Å². The minimum Gasteiger partial charge on any atom is -0.459 e. The molecule has 6 N–H and O–H groups in total. The second kappa shape index (κ2) is 39.5. The first-order valence-corrected chi connectivity index (χ1v) is 33.2. The zero-order chi connectivity index (χ0) is 67.1. The van der Waals surface area contributed by atoms with Gasteiger partial charge in [0.2, 0.25) is 0 Å². The van der Waals surface area contributed by atoms with Gasteiger partial charge in [-0.05, 0) is 172 Å². The number of halogens is 2. The summed E-state index contributed by atoms with van der Waals surface area (Å²) in [5, 5.41) is 29.1. The first-order valence-electron chi connectivity index (χ1n) is 33.2. The number of rotatable bonds is 14. The van der Waals surface area contributed by atoms with Crippen LogP contribution in [0.15, 0.2) is 0 Å². The second-order valence-corrected chi connectivity index (χ2v) is 29.7. The highest BCUT2D eigenvalue weighted by Gasteiger charge is 2.44. The molecule has 9 fully saturated rings. The van der Waals surface area contributed by atoms with Gasteiger partial charge >= 0.3 is 12.1 Å². The number of hydrogen-bond acceptors (Lipinski definition) is 19. The number of esters is 1. The minimum atomic E-state index is -2.40. The predicted molar refractivity (Wildman–Crippen MR) is 351 cm³/mol. The number of aliphatic hydroxyl groups is 2. The maximum absolute atomic E-state index is 12.1. The number of nitrogens with one attached hydrogen (secondary N) is 1. The third-order valence-corrected chi connectivity index (χ3v) is 16.7. The molecule has 9 aliphatic rings. The van der Waals surface area contributed by atoms with E-state index in [1.54, 1.807) is 12.0 Å². The van der Waals surface area contributed by atoms with Crippen molar-refractivity contribution in [1.82, 2.24) is 49.4 Å². The van der Waals surface area contributed by atoms with Gasteiger partial charge in [0.15, 0.2) is 0 Å². The smallest absolute Gasteiger partial charge is 0.407 e. The standard InChI is InChI=1S/C11H22N2O2.C10H19NO2.2C7H15NO.C6H11F2N.C6H14N2.C6H13NO2.C6H13NO.C6H13N/c1-8(2)13-6-9(7-13)12-10(14)15-11(3,4)5;1-7(2)10(12)13-9-5-11(6-9)8(3)4;1-6(2)8-4-7(5-8)9-3;1-6(2)8-4-7(3,9)5-8;1-5(2)9-3-6(7,8)4-9;1-5(2)8-3-6(7)4-8;1-5(2)7-3-6(4-7)9-8;1-5(2)7-3-6(8)4-7;1-6(2)7-4-3-5-7/h8-9H,6-7H2,1-5H3,(H,12,14);7-9H,5-6H2,1-4H3;6-7H,4-5H2,1-3H3;6,9H,4-5H2,1-3H3;5H,3-4H2,1-2H3;5-6H,3-4,7H2,1-2H3;5-6,8H,3-4H2,1-2H3;5-6,8H,3-4H2,1-2H3;6H,3-5H2,1-2H3. The SMILES string of the molecule is CC(C)C(=O)OC1CN(C(C)C)C1.CC(C)N1CC(C)(O)C1.CC(C)N1CC(F)(F)C1.CC(C)N1CC(N)C1.CC(C)N1CC(NC(=O)OC(C)(C)C)C1.CC(C)N1CC(O)C1.CC(C)N1CC(OO)C1.CC(C)N1CCC1.COC1CN(C(C)C)C1. The van der Waals surface area contributed by atoms with E-state index in [1.165, 1.54) is 19.5 Å². The summed E-state index contributed by atoms with van der Waals surface area (Å²) in [6, 6.07) is 6.04. The number of β-amino-alcohol motifs (C(OH)–C–C–N with tert-alkyl or cyclic N) is 2. The van der Waals surface area contributed by atoms with Crippen LogP contribution in [0, 0.1) is 5.92 Å². The summed E-state index contributed by atoms with van der Waals surface area (Å²) in [6.45, 7) is 65.7. The highest BCUT2D eigenvalue weighted by atomic mass is 19.3. The number of nitrogens with two attached hydrogens (primary N) is 1. The molecule has 0 spiro atoms. The summed E-state index contributed by atoms with van der Waals surface area (Å²) in [5.74, 6) is -2.48. The molecule has 87 heavy (non-hydrogen) atoms. The Bertz CT molecular complexity index is 1730. The summed E-state index contributed by atoms with van der Waals surface area (Å²) in [6.07, 6.45) is 1.77. The Balaban J connectivity index is 0.000000494. The van der Waals surface area contributed by atoms with Crippen molar-refractivity contribution < 1.29 is 52.9 Å². The third kappa shape index (κ3) is 33.9. The fourth-order valence-electron chi connectivity index (χ4n) is 9.61. The lowest BCUT2D eigenvalue weighted by molar-refractivity contribution is -0.305. The lowest BCUT2D eigenvalue weighted by Gasteiger charge is -2.46. The van der Waals surface area contributed by atoms with Crippen molar-refractivity contribution in [1.29, 1.82) is 0 Å². The number of ether oxygens (including phenoxy) is 3. The lowest BCUT2D eigenvalue weighted by Crippen LogP contribution is -2.61. The predicted octanol–water partition coefficient (Wildman–Crippen LogP) is 7.19. The highest BCUT2D eigenvalue weighted by Crippen LogP contribution is 2.28. The monoisotopic (exact) mass is 1250 g/mol. The number of amides is 1. The molecule has 0 aromatic heterocycles. The molecule has 0 bridgehead atoms. The van der Waals surface area contributed by atoms with E-state index >= 15 is 0 Å². The Kier molecular flexibility index (Phi) is 37.7. The van der Waals surface area contributed by atoms with Gasteiger partial charge in [-0.25, -0.2) is 18.5 Å². The van der Waals surface area contributed by atoms with Crippen LogP contribution in [0.5, 0.6) is 0 Å². The Morgan fingerprint density at radius 2 is 0.851 bits per heavy atom. The van der Waals surface area contributed by atoms with E-state index in [4.69, 9.17) is 30.3 Å². The molecule has 1 amide bonds. The lowest BCUT2D eigenvalue weighted by atomic mass is 9.95. The molecule has 0 aromatic carbocycles. The van der Waals surface area contributed by atoms with E-state index in [1.807, 2.05) is 55.4 Å². The molecular formula is C65H135F2N11O9. The van der Waals surface area contributed by atoms with E-state index in [-0.39, 0.29) is 61.5 Å². The van der Waals surface area contributed by atoms with E-state index in [2.05, 4.69) is 160 Å². The molecule has 22 heteroatoms. The van der Waals surface area contributed by atoms with Gasteiger partial charge in [0.05, 0.1) is 42.9 Å². The minimum absolute atomic E-state index is 0.00639.